The molecule has 4 heteroatoms. The minimum atomic E-state index is -0.908. The zero-order valence-corrected chi connectivity index (χ0v) is 12.7. The quantitative estimate of drug-likeness (QED) is 0.717. The summed E-state index contributed by atoms with van der Waals surface area (Å²) in [6.45, 7) is 7.95. The van der Waals surface area contributed by atoms with E-state index < -0.39 is 18.1 Å². The van der Waals surface area contributed by atoms with Crippen LogP contribution >= 0.6 is 0 Å². The number of carbonyl (C=O) groups is 1. The van der Waals surface area contributed by atoms with Crippen LogP contribution in [-0.2, 0) is 4.79 Å². The van der Waals surface area contributed by atoms with Crippen molar-refractivity contribution in [2.24, 2.45) is 0 Å². The van der Waals surface area contributed by atoms with E-state index in [0.29, 0.717) is 0 Å². The maximum Gasteiger partial charge on any atom is 0.305 e. The largest absolute Gasteiger partial charge is 0.481 e. The highest BCUT2D eigenvalue weighted by molar-refractivity contribution is 5.67. The third kappa shape index (κ3) is 4.62. The molecule has 0 aliphatic carbocycles. The van der Waals surface area contributed by atoms with Gasteiger partial charge < -0.3 is 15.5 Å². The van der Waals surface area contributed by atoms with Crippen molar-refractivity contribution in [3.8, 4) is 0 Å². The zero-order chi connectivity index (χ0) is 15.3. The molecule has 0 radical (unpaired) electrons. The molecule has 1 aromatic carbocycles. The third-order valence-corrected chi connectivity index (χ3v) is 3.63. The van der Waals surface area contributed by atoms with Crippen molar-refractivity contribution in [3.63, 3.8) is 0 Å². The van der Waals surface area contributed by atoms with Gasteiger partial charge in [0.05, 0.1) is 12.5 Å². The van der Waals surface area contributed by atoms with Gasteiger partial charge >= 0.3 is 5.97 Å². The van der Waals surface area contributed by atoms with Gasteiger partial charge in [0, 0.05) is 12.1 Å². The molecule has 0 spiro atoms. The number of aliphatic carboxylic acids is 1. The molecule has 0 saturated heterocycles. The molecule has 112 valence electrons. The van der Waals surface area contributed by atoms with Crippen LogP contribution in [0.3, 0.4) is 0 Å². The van der Waals surface area contributed by atoms with E-state index in [0.717, 1.165) is 23.1 Å². The molecule has 0 fully saturated rings. The molecule has 0 heterocycles. The Labute approximate surface area is 120 Å². The van der Waals surface area contributed by atoms with Gasteiger partial charge in [0.1, 0.15) is 0 Å². The minimum absolute atomic E-state index is 0.0984. The molecule has 0 aliphatic rings. The monoisotopic (exact) mass is 279 g/mol. The first-order chi connectivity index (χ1) is 9.35. The summed E-state index contributed by atoms with van der Waals surface area (Å²) < 4.78 is 0. The number of aryl methyl sites for hydroxylation is 2. The fourth-order valence-corrected chi connectivity index (χ4v) is 2.31. The van der Waals surface area contributed by atoms with E-state index in [-0.39, 0.29) is 12.5 Å². The SMILES string of the molecule is CCC(C)NC(CC(=O)O)C(O)c1ccc(C)cc1C. The van der Waals surface area contributed by atoms with Gasteiger partial charge in [-0.15, -0.1) is 0 Å². The molecule has 0 saturated carbocycles. The summed E-state index contributed by atoms with van der Waals surface area (Å²) in [5, 5.41) is 22.8. The highest BCUT2D eigenvalue weighted by Gasteiger charge is 2.25. The first-order valence-corrected chi connectivity index (χ1v) is 7.08. The van der Waals surface area contributed by atoms with Crippen molar-refractivity contribution in [1.82, 2.24) is 5.32 Å². The standard InChI is InChI=1S/C16H25NO3/c1-5-12(4)17-14(9-15(18)19)16(20)13-7-6-10(2)8-11(13)3/h6-8,12,14,16-17,20H,5,9H2,1-4H3,(H,18,19). The van der Waals surface area contributed by atoms with Crippen LogP contribution in [0, 0.1) is 13.8 Å². The summed E-state index contributed by atoms with van der Waals surface area (Å²) in [6, 6.07) is 5.50. The summed E-state index contributed by atoms with van der Waals surface area (Å²) in [5.41, 5.74) is 2.90. The Morgan fingerprint density at radius 1 is 1.35 bits per heavy atom. The lowest BCUT2D eigenvalue weighted by atomic mass is 9.94. The lowest BCUT2D eigenvalue weighted by molar-refractivity contribution is -0.138. The number of hydrogen-bond donors (Lipinski definition) is 3. The van der Waals surface area contributed by atoms with Crippen LogP contribution < -0.4 is 5.32 Å². The predicted octanol–water partition coefficient (Wildman–Crippen LogP) is 2.57. The van der Waals surface area contributed by atoms with Gasteiger partial charge in [0.2, 0.25) is 0 Å². The fourth-order valence-electron chi connectivity index (χ4n) is 2.31. The number of rotatable bonds is 7. The average molecular weight is 279 g/mol. The van der Waals surface area contributed by atoms with Crippen LogP contribution in [0.5, 0.6) is 0 Å². The number of benzene rings is 1. The fraction of sp³-hybridized carbons (Fsp3) is 0.562. The Hall–Kier alpha value is -1.39. The van der Waals surface area contributed by atoms with E-state index in [9.17, 15) is 9.90 Å². The number of nitrogens with one attached hydrogen (secondary N) is 1. The van der Waals surface area contributed by atoms with E-state index in [1.807, 2.05) is 45.9 Å². The Morgan fingerprint density at radius 3 is 2.50 bits per heavy atom. The van der Waals surface area contributed by atoms with Crippen LogP contribution in [0.15, 0.2) is 18.2 Å². The molecule has 0 bridgehead atoms. The molecule has 0 aliphatic heterocycles. The van der Waals surface area contributed by atoms with Crippen LogP contribution in [0.1, 0.15) is 49.5 Å². The van der Waals surface area contributed by atoms with Gasteiger partial charge in [0.15, 0.2) is 0 Å². The first kappa shape index (κ1) is 16.7. The van der Waals surface area contributed by atoms with E-state index in [1.165, 1.54) is 0 Å². The minimum Gasteiger partial charge on any atom is -0.481 e. The second-order valence-corrected chi connectivity index (χ2v) is 5.49. The second kappa shape index (κ2) is 7.41. The summed E-state index contributed by atoms with van der Waals surface area (Å²) >= 11 is 0. The van der Waals surface area contributed by atoms with Gasteiger partial charge in [-0.05, 0) is 38.3 Å². The van der Waals surface area contributed by atoms with Crippen LogP contribution in [-0.4, -0.2) is 28.3 Å². The number of aliphatic hydroxyl groups is 1. The molecule has 0 aromatic heterocycles. The lowest BCUT2D eigenvalue weighted by Crippen LogP contribution is -2.42. The van der Waals surface area contributed by atoms with Gasteiger partial charge in [-0.25, -0.2) is 0 Å². The molecule has 3 atom stereocenters. The summed E-state index contributed by atoms with van der Waals surface area (Å²) in [4.78, 5) is 11.0. The molecule has 1 aromatic rings. The number of carboxylic acid groups (broad SMARTS) is 1. The van der Waals surface area contributed by atoms with Gasteiger partial charge in [-0.2, -0.15) is 0 Å². The zero-order valence-electron chi connectivity index (χ0n) is 12.7. The summed E-state index contributed by atoms with van der Waals surface area (Å²) in [7, 11) is 0. The first-order valence-electron chi connectivity index (χ1n) is 7.08. The van der Waals surface area contributed by atoms with Crippen molar-refractivity contribution in [1.29, 1.82) is 0 Å². The third-order valence-electron chi connectivity index (χ3n) is 3.63. The van der Waals surface area contributed by atoms with Crippen molar-refractivity contribution in [2.75, 3.05) is 0 Å². The maximum absolute atomic E-state index is 11.0. The van der Waals surface area contributed by atoms with E-state index in [2.05, 4.69) is 5.32 Å². The number of aliphatic hydroxyl groups excluding tert-OH is 1. The summed E-state index contributed by atoms with van der Waals surface area (Å²) in [6.07, 6.45) is -0.0325. The molecule has 1 rings (SSSR count). The van der Waals surface area contributed by atoms with Crippen molar-refractivity contribution < 1.29 is 15.0 Å². The molecule has 3 unspecified atom stereocenters. The number of carboxylic acids is 1. The Kier molecular flexibility index (Phi) is 6.17. The molecular weight excluding hydrogens is 254 g/mol. The van der Waals surface area contributed by atoms with Crippen molar-refractivity contribution >= 4 is 5.97 Å². The topological polar surface area (TPSA) is 69.6 Å². The Bertz CT molecular complexity index is 459. The summed E-state index contributed by atoms with van der Waals surface area (Å²) in [5.74, 6) is -0.908. The predicted molar refractivity (Wildman–Crippen MR) is 79.8 cm³/mol. The highest BCUT2D eigenvalue weighted by atomic mass is 16.4. The van der Waals surface area contributed by atoms with Crippen molar-refractivity contribution in [2.45, 2.75) is 58.7 Å². The molecule has 3 N–H and O–H groups in total. The van der Waals surface area contributed by atoms with Crippen LogP contribution in [0.25, 0.3) is 0 Å². The maximum atomic E-state index is 11.0. The average Bonchev–Trinajstić information content (AvgIpc) is 2.36. The lowest BCUT2D eigenvalue weighted by Gasteiger charge is -2.27. The van der Waals surface area contributed by atoms with E-state index >= 15 is 0 Å². The van der Waals surface area contributed by atoms with Gasteiger partial charge in [0.25, 0.3) is 0 Å². The van der Waals surface area contributed by atoms with Crippen molar-refractivity contribution in [3.05, 3.63) is 34.9 Å². The van der Waals surface area contributed by atoms with Gasteiger partial charge in [-0.1, -0.05) is 30.7 Å². The van der Waals surface area contributed by atoms with Gasteiger partial charge in [-0.3, -0.25) is 4.79 Å². The van der Waals surface area contributed by atoms with Crippen LogP contribution in [0.2, 0.25) is 0 Å². The van der Waals surface area contributed by atoms with Crippen LogP contribution in [0.4, 0.5) is 0 Å². The van der Waals surface area contributed by atoms with E-state index in [4.69, 9.17) is 5.11 Å². The Morgan fingerprint density at radius 2 is 2.00 bits per heavy atom. The normalized spacial score (nSPS) is 15.7. The van der Waals surface area contributed by atoms with E-state index in [1.54, 1.807) is 0 Å². The molecule has 4 nitrogen and oxygen atoms in total. The number of hydrogen-bond acceptors (Lipinski definition) is 3. The Balaban J connectivity index is 2.96. The smallest absolute Gasteiger partial charge is 0.305 e. The second-order valence-electron chi connectivity index (χ2n) is 5.49. The highest BCUT2D eigenvalue weighted by Crippen LogP contribution is 2.24. The molecule has 0 amide bonds. The molecule has 20 heavy (non-hydrogen) atoms. The molecular formula is C16H25NO3.